The summed E-state index contributed by atoms with van der Waals surface area (Å²) in [6.07, 6.45) is 4.70. The first-order valence-corrected chi connectivity index (χ1v) is 10.2. The Balaban J connectivity index is 1.69. The molecule has 2 N–H and O–H groups in total. The molecule has 0 saturated heterocycles. The molecule has 3 aromatic rings. The van der Waals surface area contributed by atoms with Gasteiger partial charge in [0.25, 0.3) is 0 Å². The average molecular weight is 450 g/mol. The summed E-state index contributed by atoms with van der Waals surface area (Å²) >= 11 is 0. The van der Waals surface area contributed by atoms with Crippen LogP contribution in [0.25, 0.3) is 17.2 Å². The first-order chi connectivity index (χ1) is 15.9. The van der Waals surface area contributed by atoms with Crippen molar-refractivity contribution in [2.45, 2.75) is 13.3 Å². The molecule has 1 aliphatic rings. The summed E-state index contributed by atoms with van der Waals surface area (Å²) in [5.41, 5.74) is 5.44. The molecule has 4 rings (SSSR count). The number of benzene rings is 2. The van der Waals surface area contributed by atoms with E-state index in [1.165, 1.54) is 39.0 Å². The lowest BCUT2D eigenvalue weighted by Crippen LogP contribution is -2.27. The molecule has 8 heteroatoms. The number of methoxy groups -OCH3 is 2. The van der Waals surface area contributed by atoms with E-state index in [-0.39, 0.29) is 41.9 Å². The van der Waals surface area contributed by atoms with Gasteiger partial charge in [-0.15, -0.1) is 0 Å². The summed E-state index contributed by atoms with van der Waals surface area (Å²) in [5.74, 6) is -0.102. The second-order valence-corrected chi connectivity index (χ2v) is 7.56. The monoisotopic (exact) mass is 450 g/mol. The molecule has 1 amide bonds. The molecule has 0 atom stereocenters. The quantitative estimate of drug-likeness (QED) is 0.560. The van der Waals surface area contributed by atoms with Crippen molar-refractivity contribution in [3.8, 4) is 17.2 Å². The van der Waals surface area contributed by atoms with Crippen LogP contribution in [0.3, 0.4) is 0 Å². The highest BCUT2D eigenvalue weighted by atomic mass is 19.1. The van der Waals surface area contributed by atoms with Gasteiger partial charge in [0.1, 0.15) is 12.1 Å². The van der Waals surface area contributed by atoms with Crippen LogP contribution in [0, 0.1) is 5.82 Å². The fourth-order valence-corrected chi connectivity index (χ4v) is 3.88. The van der Waals surface area contributed by atoms with Crippen LogP contribution in [0.5, 0.6) is 17.2 Å². The molecule has 0 fully saturated rings. The van der Waals surface area contributed by atoms with Crippen LogP contribution in [0.1, 0.15) is 29.3 Å². The lowest BCUT2D eigenvalue weighted by Gasteiger charge is -2.11. The maximum atomic E-state index is 14.1. The molecule has 33 heavy (non-hydrogen) atoms. The van der Waals surface area contributed by atoms with Gasteiger partial charge in [-0.2, -0.15) is 0 Å². The number of allylic oxidation sites excluding steroid dienone is 2. The predicted octanol–water partition coefficient (Wildman–Crippen LogP) is 4.22. The van der Waals surface area contributed by atoms with Crippen molar-refractivity contribution in [1.29, 1.82) is 0 Å². The Morgan fingerprint density at radius 3 is 2.55 bits per heavy atom. The number of fused-ring (bicyclic) bond motifs is 1. The van der Waals surface area contributed by atoms with Crippen molar-refractivity contribution in [3.05, 3.63) is 76.8 Å². The van der Waals surface area contributed by atoms with E-state index in [1.807, 2.05) is 13.0 Å². The number of phenolic OH excluding ortho intramolecular Hbond substituents is 1. The Kier molecular flexibility index (Phi) is 6.17. The second-order valence-electron chi connectivity index (χ2n) is 7.56. The second kappa shape index (κ2) is 9.20. The molecule has 1 heterocycles. The summed E-state index contributed by atoms with van der Waals surface area (Å²) in [7, 11) is 2.92. The van der Waals surface area contributed by atoms with Crippen LogP contribution in [0.15, 0.2) is 53.0 Å². The minimum absolute atomic E-state index is 0.0844. The van der Waals surface area contributed by atoms with Crippen molar-refractivity contribution < 1.29 is 28.2 Å². The Bertz CT molecular complexity index is 1240. The van der Waals surface area contributed by atoms with E-state index in [0.717, 1.165) is 33.4 Å². The minimum atomic E-state index is -0.359. The zero-order chi connectivity index (χ0) is 23.5. The third-order valence-corrected chi connectivity index (χ3v) is 5.55. The molecule has 0 spiro atoms. The number of hydrogen-bond acceptors (Lipinski definition) is 6. The number of aromatic hydroxyl groups is 1. The average Bonchev–Trinajstić information content (AvgIpc) is 3.39. The highest BCUT2D eigenvalue weighted by molar-refractivity contribution is 6.06. The largest absolute Gasteiger partial charge is 0.502 e. The molecular weight excluding hydrogens is 427 g/mol. The molecule has 7 nitrogen and oxygen atoms in total. The Labute approximate surface area is 190 Å². The number of halogens is 1. The molecule has 0 unspecified atom stereocenters. The van der Waals surface area contributed by atoms with Crippen molar-refractivity contribution in [2.24, 2.45) is 0 Å². The molecule has 1 aromatic heterocycles. The number of ether oxygens (including phenoxy) is 2. The van der Waals surface area contributed by atoms with Crippen LogP contribution < -0.4 is 14.8 Å². The van der Waals surface area contributed by atoms with E-state index in [1.54, 1.807) is 18.2 Å². The third kappa shape index (κ3) is 4.45. The number of hydrogen-bond donors (Lipinski definition) is 2. The molecule has 0 saturated carbocycles. The smallest absolute Gasteiger partial charge is 0.226 e. The van der Waals surface area contributed by atoms with Crippen LogP contribution in [-0.4, -0.2) is 36.8 Å². The lowest BCUT2D eigenvalue weighted by atomic mass is 10.00. The van der Waals surface area contributed by atoms with Gasteiger partial charge in [-0.1, -0.05) is 6.07 Å². The van der Waals surface area contributed by atoms with Crippen LogP contribution in [-0.2, 0) is 11.2 Å². The Morgan fingerprint density at radius 1 is 1.18 bits per heavy atom. The van der Waals surface area contributed by atoms with Gasteiger partial charge in [0.15, 0.2) is 17.9 Å². The zero-order valence-corrected chi connectivity index (χ0v) is 18.4. The molecule has 0 bridgehead atoms. The lowest BCUT2D eigenvalue weighted by molar-refractivity contribution is -0.120. The number of nitrogens with zero attached hydrogens (tertiary/aromatic N) is 1. The first-order valence-electron chi connectivity index (χ1n) is 10.2. The summed E-state index contributed by atoms with van der Waals surface area (Å²) < 4.78 is 29.5. The summed E-state index contributed by atoms with van der Waals surface area (Å²) in [4.78, 5) is 16.3. The third-order valence-electron chi connectivity index (χ3n) is 5.55. The highest BCUT2D eigenvalue weighted by Gasteiger charge is 2.25. The standard InChI is InChI=1S/C25H23FN2O5/c1-14-19(6-15-7-22(31-2)25(30)23(8-15)32-3)18-5-4-16(26)9-20(18)21(14)11-27-24(29)10-17-12-33-13-28-17/h4-9,12-13,30H,10-11H2,1-3H3,(H,27,29). The number of phenols is 1. The van der Waals surface area contributed by atoms with Gasteiger partial charge in [-0.05, 0) is 70.7 Å². The number of amides is 1. The van der Waals surface area contributed by atoms with Gasteiger partial charge in [0.2, 0.25) is 11.7 Å². The molecule has 0 radical (unpaired) electrons. The zero-order valence-electron chi connectivity index (χ0n) is 18.4. The number of aromatic nitrogens is 1. The van der Waals surface area contributed by atoms with Gasteiger partial charge < -0.3 is 24.3 Å². The van der Waals surface area contributed by atoms with E-state index < -0.39 is 0 Å². The predicted molar refractivity (Wildman–Crippen MR) is 121 cm³/mol. The normalized spacial score (nSPS) is 13.9. The maximum Gasteiger partial charge on any atom is 0.226 e. The van der Waals surface area contributed by atoms with Crippen molar-refractivity contribution in [2.75, 3.05) is 20.8 Å². The van der Waals surface area contributed by atoms with E-state index in [4.69, 9.17) is 13.9 Å². The van der Waals surface area contributed by atoms with Gasteiger partial charge in [0.05, 0.1) is 26.3 Å². The number of carbonyl (C=O) groups excluding carboxylic acids is 1. The first kappa shape index (κ1) is 22.1. The van der Waals surface area contributed by atoms with Crippen LogP contribution in [0.4, 0.5) is 4.39 Å². The van der Waals surface area contributed by atoms with Gasteiger partial charge in [-0.25, -0.2) is 9.37 Å². The Morgan fingerprint density at radius 2 is 1.91 bits per heavy atom. The Hall–Kier alpha value is -4.07. The molecule has 0 aliphatic heterocycles. The van der Waals surface area contributed by atoms with E-state index >= 15 is 0 Å². The fourth-order valence-electron chi connectivity index (χ4n) is 3.88. The van der Waals surface area contributed by atoms with E-state index in [2.05, 4.69) is 10.3 Å². The summed E-state index contributed by atoms with van der Waals surface area (Å²) in [6.45, 7) is 2.16. The summed E-state index contributed by atoms with van der Waals surface area (Å²) in [5, 5.41) is 13.1. The van der Waals surface area contributed by atoms with Crippen molar-refractivity contribution in [1.82, 2.24) is 10.3 Å². The number of nitrogens with one attached hydrogen (secondary N) is 1. The molecule has 170 valence electrons. The van der Waals surface area contributed by atoms with Crippen LogP contribution >= 0.6 is 0 Å². The maximum absolute atomic E-state index is 14.1. The van der Waals surface area contributed by atoms with Crippen LogP contribution in [0.2, 0.25) is 0 Å². The van der Waals surface area contributed by atoms with Crippen molar-refractivity contribution >= 4 is 23.1 Å². The molecular formula is C25H23FN2O5. The van der Waals surface area contributed by atoms with Crippen molar-refractivity contribution in [3.63, 3.8) is 0 Å². The molecule has 1 aliphatic carbocycles. The summed E-state index contributed by atoms with van der Waals surface area (Å²) in [6, 6.07) is 7.98. The van der Waals surface area contributed by atoms with Gasteiger partial charge in [0, 0.05) is 6.54 Å². The highest BCUT2D eigenvalue weighted by Crippen LogP contribution is 2.44. The fraction of sp³-hybridized carbons (Fsp3) is 0.200. The van der Waals surface area contributed by atoms with E-state index in [0.29, 0.717) is 5.69 Å². The number of oxazole rings is 1. The number of carbonyl (C=O) groups is 1. The molecule has 2 aromatic carbocycles. The van der Waals surface area contributed by atoms with E-state index in [9.17, 15) is 14.3 Å². The topological polar surface area (TPSA) is 93.8 Å². The SMILES string of the molecule is COc1cc(C=C2C(C)=C(CNC(=O)Cc3cocn3)c3cc(F)ccc32)cc(OC)c1O. The minimum Gasteiger partial charge on any atom is -0.502 e. The number of rotatable bonds is 7. The van der Waals surface area contributed by atoms with Gasteiger partial charge >= 0.3 is 0 Å². The van der Waals surface area contributed by atoms with Gasteiger partial charge in [-0.3, -0.25) is 4.79 Å².